The van der Waals surface area contributed by atoms with Gasteiger partial charge in [-0.3, -0.25) is 10.1 Å². The topological polar surface area (TPSA) is 66.9 Å². The van der Waals surface area contributed by atoms with Crippen LogP contribution in [0.2, 0.25) is 0 Å². The number of rotatable bonds is 6. The number of carbonyl (C=O) groups excluding carboxylic acids is 1. The first kappa shape index (κ1) is 15.4. The molecule has 0 bridgehead atoms. The average molecular weight is 304 g/mol. The highest BCUT2D eigenvalue weighted by molar-refractivity contribution is 7.15. The largest absolute Gasteiger partial charge is 0.370 e. The standard InChI is InChI=1S/C15H20N4OS/c1-4-8-16-13-7-6-11(9-17-13)14(20)19-15-18-12(5-2)10(3)21-15/h6-7,9H,4-5,8H2,1-3H3,(H,16,17)(H,18,19,20). The minimum atomic E-state index is -0.180. The van der Waals surface area contributed by atoms with Gasteiger partial charge in [0.05, 0.1) is 11.3 Å². The Morgan fingerprint density at radius 3 is 2.71 bits per heavy atom. The lowest BCUT2D eigenvalue weighted by atomic mass is 10.2. The van der Waals surface area contributed by atoms with Gasteiger partial charge in [0, 0.05) is 17.6 Å². The second-order valence-electron chi connectivity index (χ2n) is 4.69. The van der Waals surface area contributed by atoms with Crippen LogP contribution in [0, 0.1) is 6.92 Å². The van der Waals surface area contributed by atoms with Crippen molar-refractivity contribution in [1.82, 2.24) is 9.97 Å². The lowest BCUT2D eigenvalue weighted by Crippen LogP contribution is -2.12. The van der Waals surface area contributed by atoms with E-state index in [1.807, 2.05) is 13.0 Å². The van der Waals surface area contributed by atoms with E-state index in [1.54, 1.807) is 12.3 Å². The zero-order valence-electron chi connectivity index (χ0n) is 12.6. The van der Waals surface area contributed by atoms with E-state index in [2.05, 4.69) is 34.4 Å². The second-order valence-corrected chi connectivity index (χ2v) is 5.89. The molecule has 0 aromatic carbocycles. The molecular formula is C15H20N4OS. The van der Waals surface area contributed by atoms with Gasteiger partial charge in [0.15, 0.2) is 5.13 Å². The summed E-state index contributed by atoms with van der Waals surface area (Å²) in [5.74, 6) is 0.604. The monoisotopic (exact) mass is 304 g/mol. The third kappa shape index (κ3) is 4.01. The van der Waals surface area contributed by atoms with Gasteiger partial charge in [0.25, 0.3) is 5.91 Å². The molecule has 2 N–H and O–H groups in total. The predicted octanol–water partition coefficient (Wildman–Crippen LogP) is 3.48. The third-order valence-corrected chi connectivity index (χ3v) is 3.96. The van der Waals surface area contributed by atoms with Crippen LogP contribution >= 0.6 is 11.3 Å². The van der Waals surface area contributed by atoms with Gasteiger partial charge in [0.1, 0.15) is 5.82 Å². The summed E-state index contributed by atoms with van der Waals surface area (Å²) in [6.07, 6.45) is 3.49. The summed E-state index contributed by atoms with van der Waals surface area (Å²) in [4.78, 5) is 21.9. The summed E-state index contributed by atoms with van der Waals surface area (Å²) in [5, 5.41) is 6.64. The van der Waals surface area contributed by atoms with Gasteiger partial charge >= 0.3 is 0 Å². The number of hydrogen-bond donors (Lipinski definition) is 2. The third-order valence-electron chi connectivity index (χ3n) is 3.03. The molecular weight excluding hydrogens is 284 g/mol. The van der Waals surface area contributed by atoms with Crippen molar-refractivity contribution in [1.29, 1.82) is 0 Å². The van der Waals surface area contributed by atoms with Crippen LogP contribution in [-0.4, -0.2) is 22.4 Å². The molecule has 2 aromatic heterocycles. The maximum atomic E-state index is 12.1. The van der Waals surface area contributed by atoms with E-state index in [4.69, 9.17) is 0 Å². The Bertz CT molecular complexity index is 607. The molecule has 5 nitrogen and oxygen atoms in total. The first-order chi connectivity index (χ1) is 10.1. The van der Waals surface area contributed by atoms with Gasteiger partial charge in [0.2, 0.25) is 0 Å². The van der Waals surface area contributed by atoms with E-state index in [9.17, 15) is 4.79 Å². The quantitative estimate of drug-likeness (QED) is 0.857. The first-order valence-corrected chi connectivity index (χ1v) is 7.93. The van der Waals surface area contributed by atoms with Crippen LogP contribution < -0.4 is 10.6 Å². The molecule has 0 aliphatic rings. The fourth-order valence-electron chi connectivity index (χ4n) is 1.86. The Hall–Kier alpha value is -1.95. The highest BCUT2D eigenvalue weighted by Gasteiger charge is 2.11. The SMILES string of the molecule is CCCNc1ccc(C(=O)Nc2nc(CC)c(C)s2)cn1. The summed E-state index contributed by atoms with van der Waals surface area (Å²) in [6, 6.07) is 3.58. The Balaban J connectivity index is 2.02. The molecule has 0 saturated carbocycles. The van der Waals surface area contributed by atoms with E-state index >= 15 is 0 Å². The van der Waals surface area contributed by atoms with Crippen LogP contribution in [0.25, 0.3) is 0 Å². The molecule has 21 heavy (non-hydrogen) atoms. The molecule has 0 radical (unpaired) electrons. The van der Waals surface area contributed by atoms with Crippen molar-refractivity contribution in [2.75, 3.05) is 17.2 Å². The van der Waals surface area contributed by atoms with Crippen molar-refractivity contribution in [2.45, 2.75) is 33.6 Å². The number of nitrogens with one attached hydrogen (secondary N) is 2. The number of carbonyl (C=O) groups is 1. The van der Waals surface area contributed by atoms with Crippen LogP contribution in [-0.2, 0) is 6.42 Å². The number of hydrogen-bond acceptors (Lipinski definition) is 5. The molecule has 0 saturated heterocycles. The molecule has 2 rings (SSSR count). The van der Waals surface area contributed by atoms with Crippen molar-refractivity contribution < 1.29 is 4.79 Å². The fourth-order valence-corrected chi connectivity index (χ4v) is 2.76. The van der Waals surface area contributed by atoms with Crippen molar-refractivity contribution in [3.63, 3.8) is 0 Å². The summed E-state index contributed by atoms with van der Waals surface area (Å²) >= 11 is 1.50. The summed E-state index contributed by atoms with van der Waals surface area (Å²) in [6.45, 7) is 7.04. The number of aromatic nitrogens is 2. The maximum absolute atomic E-state index is 12.1. The number of pyridine rings is 1. The lowest BCUT2D eigenvalue weighted by molar-refractivity contribution is 0.102. The van der Waals surface area contributed by atoms with Crippen molar-refractivity contribution in [3.8, 4) is 0 Å². The van der Waals surface area contributed by atoms with Crippen molar-refractivity contribution >= 4 is 28.2 Å². The van der Waals surface area contributed by atoms with Gasteiger partial charge in [-0.25, -0.2) is 9.97 Å². The number of thiazole rings is 1. The summed E-state index contributed by atoms with van der Waals surface area (Å²) < 4.78 is 0. The van der Waals surface area contributed by atoms with Crippen molar-refractivity contribution in [2.24, 2.45) is 0 Å². The molecule has 0 spiro atoms. The minimum Gasteiger partial charge on any atom is -0.370 e. The molecule has 0 atom stereocenters. The molecule has 2 aromatic rings. The van der Waals surface area contributed by atoms with E-state index in [0.717, 1.165) is 35.8 Å². The van der Waals surface area contributed by atoms with Crippen LogP contribution in [0.4, 0.5) is 10.9 Å². The molecule has 112 valence electrons. The van der Waals surface area contributed by atoms with Crippen LogP contribution in [0.3, 0.4) is 0 Å². The highest BCUT2D eigenvalue weighted by atomic mass is 32.1. The van der Waals surface area contributed by atoms with E-state index in [0.29, 0.717) is 10.7 Å². The van der Waals surface area contributed by atoms with E-state index < -0.39 is 0 Å². The van der Waals surface area contributed by atoms with Crippen LogP contribution in [0.5, 0.6) is 0 Å². The van der Waals surface area contributed by atoms with Gasteiger partial charge < -0.3 is 5.32 Å². The van der Waals surface area contributed by atoms with Crippen LogP contribution in [0.15, 0.2) is 18.3 Å². The Morgan fingerprint density at radius 1 is 1.33 bits per heavy atom. The minimum absolute atomic E-state index is 0.180. The fraction of sp³-hybridized carbons (Fsp3) is 0.400. The molecule has 0 unspecified atom stereocenters. The normalized spacial score (nSPS) is 10.4. The molecule has 1 amide bonds. The Kier molecular flexibility index (Phi) is 5.27. The zero-order chi connectivity index (χ0) is 15.2. The number of amides is 1. The van der Waals surface area contributed by atoms with E-state index in [1.165, 1.54) is 11.3 Å². The number of aryl methyl sites for hydroxylation is 2. The van der Waals surface area contributed by atoms with Gasteiger partial charge in [-0.15, -0.1) is 11.3 Å². The Morgan fingerprint density at radius 2 is 2.14 bits per heavy atom. The molecule has 6 heteroatoms. The first-order valence-electron chi connectivity index (χ1n) is 7.11. The number of anilines is 2. The zero-order valence-corrected chi connectivity index (χ0v) is 13.4. The Labute approximate surface area is 128 Å². The lowest BCUT2D eigenvalue weighted by Gasteiger charge is -2.05. The van der Waals surface area contributed by atoms with E-state index in [-0.39, 0.29) is 5.91 Å². The average Bonchev–Trinajstić information content (AvgIpc) is 2.85. The van der Waals surface area contributed by atoms with Crippen molar-refractivity contribution in [3.05, 3.63) is 34.5 Å². The second kappa shape index (κ2) is 7.17. The van der Waals surface area contributed by atoms with Gasteiger partial charge in [-0.05, 0) is 31.9 Å². The van der Waals surface area contributed by atoms with Gasteiger partial charge in [-0.1, -0.05) is 13.8 Å². The number of nitrogens with zero attached hydrogens (tertiary/aromatic N) is 2. The van der Waals surface area contributed by atoms with Crippen LogP contribution in [0.1, 0.15) is 41.2 Å². The maximum Gasteiger partial charge on any atom is 0.259 e. The molecule has 2 heterocycles. The molecule has 0 aliphatic carbocycles. The predicted molar refractivity (Wildman–Crippen MR) is 87.2 cm³/mol. The van der Waals surface area contributed by atoms with Gasteiger partial charge in [-0.2, -0.15) is 0 Å². The molecule has 0 fully saturated rings. The highest BCUT2D eigenvalue weighted by Crippen LogP contribution is 2.22. The smallest absolute Gasteiger partial charge is 0.259 e. The summed E-state index contributed by atoms with van der Waals surface area (Å²) in [7, 11) is 0. The summed E-state index contributed by atoms with van der Waals surface area (Å²) in [5.41, 5.74) is 1.57. The molecule has 0 aliphatic heterocycles.